The van der Waals surface area contributed by atoms with E-state index >= 15 is 0 Å². The number of fused-ring (bicyclic) bond motifs is 1. The van der Waals surface area contributed by atoms with E-state index in [1.807, 2.05) is 12.1 Å². The van der Waals surface area contributed by atoms with Gasteiger partial charge in [-0.1, -0.05) is 17.3 Å². The molecule has 3 heterocycles. The van der Waals surface area contributed by atoms with Gasteiger partial charge in [0.2, 0.25) is 0 Å². The largest absolute Gasteiger partial charge is 0.440 e. The van der Waals surface area contributed by atoms with Gasteiger partial charge in [0.15, 0.2) is 22.9 Å². The Bertz CT molecular complexity index is 1280. The number of carbonyl (C=O) groups excluding carboxylic acids is 1. The fourth-order valence-corrected chi connectivity index (χ4v) is 4.02. The summed E-state index contributed by atoms with van der Waals surface area (Å²) >= 11 is 0. The summed E-state index contributed by atoms with van der Waals surface area (Å²) in [5.74, 6) is -1.30. The number of benzene rings is 2. The molecule has 0 saturated carbocycles. The van der Waals surface area contributed by atoms with Crippen LogP contribution < -0.4 is 0 Å². The molecular formula is C22H17F4N5O2. The molecule has 4 aromatic rings. The minimum atomic E-state index is -4.90. The number of hydrogen-bond donors (Lipinski definition) is 0. The van der Waals surface area contributed by atoms with Crippen molar-refractivity contribution in [1.29, 1.82) is 0 Å². The summed E-state index contributed by atoms with van der Waals surface area (Å²) in [5, 5.41) is 7.11. The third-order valence-corrected chi connectivity index (χ3v) is 5.58. The lowest BCUT2D eigenvalue weighted by molar-refractivity contribution is -0.143. The second kappa shape index (κ2) is 7.98. The van der Waals surface area contributed by atoms with Gasteiger partial charge in [-0.3, -0.25) is 4.79 Å². The molecule has 0 N–H and O–H groups in total. The minimum absolute atomic E-state index is 0.0572. The van der Waals surface area contributed by atoms with E-state index in [1.54, 1.807) is 12.1 Å². The molecule has 0 bridgehead atoms. The van der Waals surface area contributed by atoms with Crippen LogP contribution in [0, 0.1) is 5.82 Å². The SMILES string of the molecule is O=C(c1nnn(-c2ccc(F)cc2)c1C(F)(F)F)N1CCCC(c2nc3ccccc3o2)C1. The number of halogens is 4. The van der Waals surface area contributed by atoms with Crippen LogP contribution in [0.2, 0.25) is 0 Å². The van der Waals surface area contributed by atoms with Gasteiger partial charge in [-0.2, -0.15) is 13.2 Å². The first-order valence-electron chi connectivity index (χ1n) is 10.2. The number of aromatic nitrogens is 4. The highest BCUT2D eigenvalue weighted by atomic mass is 19.4. The predicted octanol–water partition coefficient (Wildman–Crippen LogP) is 4.59. The number of alkyl halides is 3. The number of likely N-dealkylation sites (tertiary alicyclic amines) is 1. The molecule has 1 aliphatic rings. The lowest BCUT2D eigenvalue weighted by Crippen LogP contribution is -2.40. The van der Waals surface area contributed by atoms with Crippen LogP contribution in [0.5, 0.6) is 0 Å². The monoisotopic (exact) mass is 459 g/mol. The number of rotatable bonds is 3. The summed E-state index contributed by atoms with van der Waals surface area (Å²) in [6.07, 6.45) is -3.65. The molecule has 1 atom stereocenters. The Morgan fingerprint density at radius 2 is 1.85 bits per heavy atom. The fraction of sp³-hybridized carbons (Fsp3) is 0.273. The molecule has 0 radical (unpaired) electrons. The molecule has 1 amide bonds. The van der Waals surface area contributed by atoms with E-state index in [4.69, 9.17) is 4.42 Å². The minimum Gasteiger partial charge on any atom is -0.440 e. The molecular weight excluding hydrogens is 442 g/mol. The highest BCUT2D eigenvalue weighted by molar-refractivity contribution is 5.93. The van der Waals surface area contributed by atoms with E-state index in [0.29, 0.717) is 34.5 Å². The molecule has 1 saturated heterocycles. The van der Waals surface area contributed by atoms with Crippen LogP contribution in [0.25, 0.3) is 16.8 Å². The maximum atomic E-state index is 13.9. The van der Waals surface area contributed by atoms with Gasteiger partial charge in [0.25, 0.3) is 5.91 Å². The van der Waals surface area contributed by atoms with Crippen molar-refractivity contribution < 1.29 is 26.8 Å². The number of hydrogen-bond acceptors (Lipinski definition) is 5. The van der Waals surface area contributed by atoms with Gasteiger partial charge in [-0.25, -0.2) is 14.1 Å². The third-order valence-electron chi connectivity index (χ3n) is 5.58. The van der Waals surface area contributed by atoms with Gasteiger partial charge in [0, 0.05) is 13.1 Å². The Morgan fingerprint density at radius 1 is 1.09 bits per heavy atom. The van der Waals surface area contributed by atoms with Crippen molar-refractivity contribution in [2.75, 3.05) is 13.1 Å². The first kappa shape index (κ1) is 21.1. The Morgan fingerprint density at radius 3 is 2.58 bits per heavy atom. The number of piperidine rings is 1. The van der Waals surface area contributed by atoms with Crippen molar-refractivity contribution in [3.8, 4) is 5.69 Å². The molecule has 7 nitrogen and oxygen atoms in total. The summed E-state index contributed by atoms with van der Waals surface area (Å²) in [5.41, 5.74) is -0.874. The van der Waals surface area contributed by atoms with Gasteiger partial charge in [-0.15, -0.1) is 5.10 Å². The van der Waals surface area contributed by atoms with Crippen LogP contribution in [0.15, 0.2) is 52.9 Å². The molecule has 1 fully saturated rings. The van der Waals surface area contributed by atoms with Crippen LogP contribution in [0.4, 0.5) is 17.6 Å². The van der Waals surface area contributed by atoms with E-state index < -0.39 is 29.3 Å². The summed E-state index contributed by atoms with van der Waals surface area (Å²) in [6, 6.07) is 11.5. The van der Waals surface area contributed by atoms with Gasteiger partial charge < -0.3 is 9.32 Å². The van der Waals surface area contributed by atoms with Gasteiger partial charge in [0.1, 0.15) is 11.3 Å². The molecule has 1 aliphatic heterocycles. The highest BCUT2D eigenvalue weighted by Gasteiger charge is 2.43. The Balaban J connectivity index is 1.45. The van der Waals surface area contributed by atoms with Crippen molar-refractivity contribution in [2.45, 2.75) is 24.9 Å². The normalized spacial score (nSPS) is 17.0. The smallest absolute Gasteiger partial charge is 0.435 e. The summed E-state index contributed by atoms with van der Waals surface area (Å²) in [7, 11) is 0. The molecule has 2 aromatic heterocycles. The molecule has 0 spiro atoms. The maximum Gasteiger partial charge on any atom is 0.435 e. The van der Waals surface area contributed by atoms with E-state index in [-0.39, 0.29) is 24.7 Å². The molecule has 0 aliphatic carbocycles. The average Bonchev–Trinajstić information content (AvgIpc) is 3.44. The Hall–Kier alpha value is -3.76. The predicted molar refractivity (Wildman–Crippen MR) is 108 cm³/mol. The van der Waals surface area contributed by atoms with E-state index in [2.05, 4.69) is 15.3 Å². The van der Waals surface area contributed by atoms with Crippen molar-refractivity contribution in [3.05, 3.63) is 71.6 Å². The van der Waals surface area contributed by atoms with Crippen molar-refractivity contribution in [3.63, 3.8) is 0 Å². The van der Waals surface area contributed by atoms with Crippen molar-refractivity contribution in [1.82, 2.24) is 24.9 Å². The number of carbonyl (C=O) groups is 1. The molecule has 11 heteroatoms. The molecule has 2 aromatic carbocycles. The van der Waals surface area contributed by atoms with Crippen LogP contribution in [-0.4, -0.2) is 43.9 Å². The number of para-hydroxylation sites is 2. The second-order valence-electron chi connectivity index (χ2n) is 7.78. The summed E-state index contributed by atoms with van der Waals surface area (Å²) < 4.78 is 61.3. The fourth-order valence-electron chi connectivity index (χ4n) is 4.02. The lowest BCUT2D eigenvalue weighted by atomic mass is 9.97. The zero-order valence-electron chi connectivity index (χ0n) is 17.1. The lowest BCUT2D eigenvalue weighted by Gasteiger charge is -2.31. The number of amides is 1. The average molecular weight is 459 g/mol. The maximum absolute atomic E-state index is 13.9. The van der Waals surface area contributed by atoms with Gasteiger partial charge in [-0.05, 0) is 49.2 Å². The molecule has 33 heavy (non-hydrogen) atoms. The Kier molecular flexibility index (Phi) is 5.10. The van der Waals surface area contributed by atoms with Crippen molar-refractivity contribution >= 4 is 17.0 Å². The van der Waals surface area contributed by atoms with E-state index in [9.17, 15) is 22.4 Å². The number of oxazole rings is 1. The molecule has 5 rings (SSSR count). The molecule has 1 unspecified atom stereocenters. The quantitative estimate of drug-likeness (QED) is 0.419. The summed E-state index contributed by atoms with van der Waals surface area (Å²) in [4.78, 5) is 18.9. The van der Waals surface area contributed by atoms with Crippen LogP contribution >= 0.6 is 0 Å². The highest BCUT2D eigenvalue weighted by Crippen LogP contribution is 2.35. The van der Waals surface area contributed by atoms with E-state index in [1.165, 1.54) is 4.90 Å². The topological polar surface area (TPSA) is 77.1 Å². The van der Waals surface area contributed by atoms with Crippen LogP contribution in [0.1, 0.15) is 40.8 Å². The second-order valence-corrected chi connectivity index (χ2v) is 7.78. The van der Waals surface area contributed by atoms with Gasteiger partial charge in [0.05, 0.1) is 11.6 Å². The third kappa shape index (κ3) is 3.94. The van der Waals surface area contributed by atoms with Crippen LogP contribution in [0.3, 0.4) is 0 Å². The van der Waals surface area contributed by atoms with Crippen molar-refractivity contribution in [2.24, 2.45) is 0 Å². The first-order chi connectivity index (χ1) is 15.8. The zero-order valence-corrected chi connectivity index (χ0v) is 17.1. The van der Waals surface area contributed by atoms with Crippen LogP contribution in [-0.2, 0) is 6.18 Å². The zero-order chi connectivity index (χ0) is 23.2. The standard InChI is InChI=1S/C22H17F4N5O2/c23-14-7-9-15(10-8-14)31-19(22(24,25)26)18(28-29-31)21(32)30-11-3-4-13(12-30)20-27-16-5-1-2-6-17(16)33-20/h1-2,5-10,13H,3-4,11-12H2. The van der Waals surface area contributed by atoms with E-state index in [0.717, 1.165) is 24.3 Å². The van der Waals surface area contributed by atoms with Gasteiger partial charge >= 0.3 is 6.18 Å². The molecule has 170 valence electrons. The first-order valence-corrected chi connectivity index (χ1v) is 10.2. The Labute approximate surface area is 184 Å². The summed E-state index contributed by atoms with van der Waals surface area (Å²) in [6.45, 7) is 0.419. The number of nitrogens with zero attached hydrogens (tertiary/aromatic N) is 5.